The van der Waals surface area contributed by atoms with Crippen molar-refractivity contribution in [1.82, 2.24) is 0 Å². The van der Waals surface area contributed by atoms with Crippen molar-refractivity contribution in [2.45, 2.75) is 119 Å². The zero-order valence-corrected chi connectivity index (χ0v) is 20.5. The minimum Gasteiger partial charge on any atom is -0.456 e. The summed E-state index contributed by atoms with van der Waals surface area (Å²) in [6.07, 6.45) is 6.54. The van der Waals surface area contributed by atoms with Crippen LogP contribution in [0.4, 0.5) is 0 Å². The number of rotatable bonds is 6. The molecular formula is C25H44O4. The molecule has 29 heavy (non-hydrogen) atoms. The summed E-state index contributed by atoms with van der Waals surface area (Å²) in [7, 11) is 0. The lowest BCUT2D eigenvalue weighted by molar-refractivity contribution is -0.195. The molecular weight excluding hydrogens is 364 g/mol. The summed E-state index contributed by atoms with van der Waals surface area (Å²) in [6, 6.07) is 0. The van der Waals surface area contributed by atoms with Crippen molar-refractivity contribution in [3.8, 4) is 0 Å². The van der Waals surface area contributed by atoms with E-state index in [4.69, 9.17) is 9.47 Å². The molecule has 0 heterocycles. The van der Waals surface area contributed by atoms with E-state index in [9.17, 15) is 9.59 Å². The lowest BCUT2D eigenvalue weighted by Gasteiger charge is -2.39. The molecule has 168 valence electrons. The summed E-state index contributed by atoms with van der Waals surface area (Å²) in [5.41, 5.74) is -2.54. The average molecular weight is 409 g/mol. The Labute approximate surface area is 178 Å². The fourth-order valence-electron chi connectivity index (χ4n) is 5.46. The Bertz CT molecular complexity index is 632. The maximum Gasteiger partial charge on any atom is 0.350 e. The number of hydrogen-bond donors (Lipinski definition) is 0. The van der Waals surface area contributed by atoms with Crippen LogP contribution in [-0.4, -0.2) is 23.1 Å². The van der Waals surface area contributed by atoms with E-state index in [1.807, 2.05) is 13.8 Å². The van der Waals surface area contributed by atoms with Gasteiger partial charge in [0.25, 0.3) is 0 Å². The van der Waals surface area contributed by atoms with Crippen LogP contribution in [0.5, 0.6) is 0 Å². The van der Waals surface area contributed by atoms with Crippen molar-refractivity contribution in [3.05, 3.63) is 0 Å². The van der Waals surface area contributed by atoms with Gasteiger partial charge in [-0.05, 0) is 69.6 Å². The molecule has 0 spiro atoms. The van der Waals surface area contributed by atoms with Crippen LogP contribution in [-0.2, 0) is 19.1 Å². The van der Waals surface area contributed by atoms with Gasteiger partial charge in [-0.3, -0.25) is 4.79 Å². The largest absolute Gasteiger partial charge is 0.456 e. The third-order valence-electron chi connectivity index (χ3n) is 7.85. The van der Waals surface area contributed by atoms with Crippen LogP contribution in [0.2, 0.25) is 0 Å². The molecule has 2 saturated carbocycles. The number of carbonyl (C=O) groups is 2. The van der Waals surface area contributed by atoms with E-state index >= 15 is 0 Å². The van der Waals surface area contributed by atoms with E-state index in [1.165, 1.54) is 19.3 Å². The van der Waals surface area contributed by atoms with Gasteiger partial charge in [0.1, 0.15) is 5.60 Å². The quantitative estimate of drug-likeness (QED) is 0.483. The molecule has 0 N–H and O–H groups in total. The second kappa shape index (κ2) is 7.57. The molecule has 0 aromatic rings. The molecule has 0 bridgehead atoms. The van der Waals surface area contributed by atoms with Gasteiger partial charge in [-0.1, -0.05) is 60.8 Å². The molecule has 2 aliphatic rings. The Morgan fingerprint density at radius 1 is 0.897 bits per heavy atom. The summed E-state index contributed by atoms with van der Waals surface area (Å²) >= 11 is 0. The monoisotopic (exact) mass is 408 g/mol. The van der Waals surface area contributed by atoms with Crippen LogP contribution < -0.4 is 0 Å². The smallest absolute Gasteiger partial charge is 0.350 e. The highest BCUT2D eigenvalue weighted by molar-refractivity contribution is 5.87. The van der Waals surface area contributed by atoms with Gasteiger partial charge in [-0.2, -0.15) is 0 Å². The Morgan fingerprint density at radius 3 is 1.79 bits per heavy atom. The first-order valence-electron chi connectivity index (χ1n) is 11.4. The van der Waals surface area contributed by atoms with E-state index in [2.05, 4.69) is 41.5 Å². The van der Waals surface area contributed by atoms with Crippen LogP contribution in [0.1, 0.15) is 108 Å². The molecule has 4 nitrogen and oxygen atoms in total. The summed E-state index contributed by atoms with van der Waals surface area (Å²) in [5, 5.41) is 0. The fourth-order valence-corrected chi connectivity index (χ4v) is 5.46. The highest BCUT2D eigenvalue weighted by atomic mass is 16.6. The minimum absolute atomic E-state index is 0.00528. The van der Waals surface area contributed by atoms with Gasteiger partial charge >= 0.3 is 11.9 Å². The Balaban J connectivity index is 2.12. The zero-order chi connectivity index (χ0) is 22.5. The second-order valence-electron chi connectivity index (χ2n) is 12.4. The summed E-state index contributed by atoms with van der Waals surface area (Å²) < 4.78 is 11.8. The van der Waals surface area contributed by atoms with Crippen LogP contribution >= 0.6 is 0 Å². The molecule has 2 atom stereocenters. The van der Waals surface area contributed by atoms with Gasteiger partial charge in [0.15, 0.2) is 0 Å². The van der Waals surface area contributed by atoms with E-state index in [1.54, 1.807) is 13.8 Å². The van der Waals surface area contributed by atoms with Crippen LogP contribution in [0.3, 0.4) is 0 Å². The first kappa shape index (κ1) is 24.2. The second-order valence-corrected chi connectivity index (χ2v) is 12.4. The van der Waals surface area contributed by atoms with E-state index in [0.29, 0.717) is 5.92 Å². The predicted molar refractivity (Wildman–Crippen MR) is 116 cm³/mol. The fraction of sp³-hybridized carbons (Fsp3) is 0.920. The number of ether oxygens (including phenoxy) is 2. The third kappa shape index (κ3) is 4.66. The van der Waals surface area contributed by atoms with Crippen LogP contribution in [0.25, 0.3) is 0 Å². The maximum absolute atomic E-state index is 13.4. The van der Waals surface area contributed by atoms with Gasteiger partial charge in [-0.15, -0.1) is 0 Å². The molecule has 0 aromatic heterocycles. The molecule has 2 unspecified atom stereocenters. The first-order chi connectivity index (χ1) is 13.0. The van der Waals surface area contributed by atoms with Crippen molar-refractivity contribution < 1.29 is 19.1 Å². The van der Waals surface area contributed by atoms with Crippen molar-refractivity contribution in [2.24, 2.45) is 28.1 Å². The van der Waals surface area contributed by atoms with Gasteiger partial charge < -0.3 is 9.47 Å². The average Bonchev–Trinajstić information content (AvgIpc) is 2.99. The minimum atomic E-state index is -1.30. The molecule has 2 fully saturated rings. The van der Waals surface area contributed by atoms with E-state index < -0.39 is 22.6 Å². The third-order valence-corrected chi connectivity index (χ3v) is 7.85. The van der Waals surface area contributed by atoms with Crippen molar-refractivity contribution in [2.75, 3.05) is 0 Å². The van der Waals surface area contributed by atoms with Gasteiger partial charge in [0.05, 0.1) is 5.41 Å². The number of hydrogen-bond acceptors (Lipinski definition) is 4. The molecule has 0 saturated heterocycles. The summed E-state index contributed by atoms with van der Waals surface area (Å²) in [4.78, 5) is 26.4. The molecule has 2 aliphatic carbocycles. The highest BCUT2D eigenvalue weighted by Crippen LogP contribution is 2.73. The molecule has 0 aromatic carbocycles. The topological polar surface area (TPSA) is 52.6 Å². The van der Waals surface area contributed by atoms with Gasteiger partial charge in [0, 0.05) is 0 Å². The zero-order valence-electron chi connectivity index (χ0n) is 20.5. The Kier molecular flexibility index (Phi) is 6.32. The molecule has 2 rings (SSSR count). The van der Waals surface area contributed by atoms with Crippen LogP contribution in [0.15, 0.2) is 0 Å². The van der Waals surface area contributed by atoms with Gasteiger partial charge in [0.2, 0.25) is 5.60 Å². The SMILES string of the molecule is CC1C(C)(C)C1(CC(C)(C)C)C(=O)OC(C)(C)C(=O)OC(C)(C)C1CCCCC1. The van der Waals surface area contributed by atoms with Crippen molar-refractivity contribution >= 4 is 11.9 Å². The Morgan fingerprint density at radius 2 is 1.38 bits per heavy atom. The van der Waals surface area contributed by atoms with Gasteiger partial charge in [-0.25, -0.2) is 4.79 Å². The molecule has 4 heteroatoms. The van der Waals surface area contributed by atoms with Crippen LogP contribution in [0, 0.1) is 28.1 Å². The first-order valence-corrected chi connectivity index (χ1v) is 11.4. The lowest BCUT2D eigenvalue weighted by Crippen LogP contribution is -2.47. The molecule has 0 amide bonds. The van der Waals surface area contributed by atoms with Crippen molar-refractivity contribution in [1.29, 1.82) is 0 Å². The molecule has 0 aliphatic heterocycles. The van der Waals surface area contributed by atoms with E-state index in [0.717, 1.165) is 19.3 Å². The van der Waals surface area contributed by atoms with E-state index in [-0.39, 0.29) is 22.7 Å². The Hall–Kier alpha value is -1.06. The standard InChI is InChI=1S/C25H44O4/c1-17-22(5,6)25(17,16-21(2,3)4)20(27)29-24(9,10)19(26)28-23(7,8)18-14-12-11-13-15-18/h17-18H,11-16H2,1-10H3. The predicted octanol–water partition coefficient (Wildman–Crippen LogP) is 6.31. The maximum atomic E-state index is 13.4. The number of esters is 2. The van der Waals surface area contributed by atoms with Crippen molar-refractivity contribution in [3.63, 3.8) is 0 Å². The summed E-state index contributed by atoms with van der Waals surface area (Å²) in [6.45, 7) is 20.1. The lowest BCUT2D eigenvalue weighted by atomic mass is 9.78. The normalized spacial score (nSPS) is 28.0. The molecule has 0 radical (unpaired) electrons. The highest BCUT2D eigenvalue weighted by Gasteiger charge is 2.74. The summed E-state index contributed by atoms with van der Waals surface area (Å²) in [5.74, 6) is -0.130. The number of carbonyl (C=O) groups excluding carboxylic acids is 2.